The first-order valence-corrected chi connectivity index (χ1v) is 7.59. The first-order chi connectivity index (χ1) is 11.7. The van der Waals surface area contributed by atoms with Crippen molar-refractivity contribution in [2.45, 2.75) is 32.9 Å². The number of nitrogens with two attached hydrogens (primary N) is 1. The van der Waals surface area contributed by atoms with Crippen molar-refractivity contribution in [3.8, 4) is 16.9 Å². The molecule has 0 aliphatic rings. The third-order valence-corrected chi connectivity index (χ3v) is 3.87. The number of nitrogens with zero attached hydrogens (tertiary/aromatic N) is 2. The molecule has 0 saturated heterocycles. The zero-order valence-electron chi connectivity index (χ0n) is 14.1. The Kier molecular flexibility index (Phi) is 5.30. The molecule has 2 N–H and O–H groups in total. The van der Waals surface area contributed by atoms with Gasteiger partial charge in [0.05, 0.1) is 18.2 Å². The van der Waals surface area contributed by atoms with Gasteiger partial charge in [-0.2, -0.15) is 13.2 Å². The lowest BCUT2D eigenvalue weighted by Gasteiger charge is -2.24. The summed E-state index contributed by atoms with van der Waals surface area (Å²) in [7, 11) is 1.35. The van der Waals surface area contributed by atoms with E-state index in [1.165, 1.54) is 32.8 Å². The lowest BCUT2D eigenvalue weighted by atomic mass is 9.85. The lowest BCUT2D eigenvalue weighted by molar-refractivity contribution is -0.137. The van der Waals surface area contributed by atoms with Crippen LogP contribution in [0.15, 0.2) is 18.7 Å². The second-order valence-electron chi connectivity index (χ2n) is 5.50. The summed E-state index contributed by atoms with van der Waals surface area (Å²) in [6, 6.07) is 0. The van der Waals surface area contributed by atoms with Crippen LogP contribution < -0.4 is 10.5 Å². The molecule has 0 spiro atoms. The largest absolute Gasteiger partial charge is 0.496 e. The maximum Gasteiger partial charge on any atom is 0.417 e. The minimum atomic E-state index is -4.78. The summed E-state index contributed by atoms with van der Waals surface area (Å²) in [6.07, 6.45) is -0.0988. The van der Waals surface area contributed by atoms with Gasteiger partial charge in [-0.3, -0.25) is 4.79 Å². The highest BCUT2D eigenvalue weighted by Gasteiger charge is 2.41. The van der Waals surface area contributed by atoms with E-state index in [0.29, 0.717) is 18.4 Å². The Balaban J connectivity index is 3.08. The van der Waals surface area contributed by atoms with Crippen LogP contribution in [0.1, 0.15) is 40.4 Å². The van der Waals surface area contributed by atoms with Crippen LogP contribution >= 0.6 is 0 Å². The van der Waals surface area contributed by atoms with Gasteiger partial charge in [-0.05, 0) is 13.3 Å². The summed E-state index contributed by atoms with van der Waals surface area (Å²) in [6.45, 7) is 3.24. The Morgan fingerprint density at radius 2 is 1.88 bits per heavy atom. The molecule has 8 heteroatoms. The van der Waals surface area contributed by atoms with Crippen LogP contribution in [0.3, 0.4) is 0 Å². The van der Waals surface area contributed by atoms with Crippen LogP contribution in [0.25, 0.3) is 11.1 Å². The summed E-state index contributed by atoms with van der Waals surface area (Å²) in [5.41, 5.74) is 4.04. The molecule has 0 unspecified atom stereocenters. The van der Waals surface area contributed by atoms with E-state index in [9.17, 15) is 18.0 Å². The number of halogens is 3. The maximum absolute atomic E-state index is 13.9. The number of methoxy groups -OCH3 is 1. The molecule has 1 aromatic carbocycles. The molecule has 0 aliphatic carbocycles. The van der Waals surface area contributed by atoms with Gasteiger partial charge in [0, 0.05) is 34.6 Å². The Morgan fingerprint density at radius 1 is 1.28 bits per heavy atom. The average Bonchev–Trinajstić information content (AvgIpc) is 2.54. The molecular weight excluding hydrogens is 335 g/mol. The molecule has 0 fully saturated rings. The molecule has 2 rings (SSSR count). The smallest absolute Gasteiger partial charge is 0.417 e. The molecule has 0 saturated carbocycles. The Hall–Kier alpha value is -2.64. The lowest BCUT2D eigenvalue weighted by Crippen LogP contribution is -2.23. The van der Waals surface area contributed by atoms with Crippen LogP contribution in [0.5, 0.6) is 5.75 Å². The number of carbonyl (C=O) groups excluding carboxylic acids is 1. The van der Waals surface area contributed by atoms with E-state index < -0.39 is 23.2 Å². The van der Waals surface area contributed by atoms with Gasteiger partial charge in [0.2, 0.25) is 5.91 Å². The van der Waals surface area contributed by atoms with Crippen molar-refractivity contribution in [3.05, 3.63) is 41.0 Å². The van der Waals surface area contributed by atoms with E-state index >= 15 is 0 Å². The van der Waals surface area contributed by atoms with E-state index in [2.05, 4.69) is 9.97 Å². The van der Waals surface area contributed by atoms with E-state index in [1.54, 1.807) is 0 Å². The minimum absolute atomic E-state index is 0.0753. The molecule has 1 amide bonds. The predicted molar refractivity (Wildman–Crippen MR) is 86.3 cm³/mol. The summed E-state index contributed by atoms with van der Waals surface area (Å²) < 4.78 is 47.0. The van der Waals surface area contributed by atoms with Gasteiger partial charge in [-0.1, -0.05) is 13.3 Å². The molecule has 2 aromatic rings. The number of aromatic nitrogens is 2. The predicted octanol–water partition coefficient (Wildman–Crippen LogP) is 3.53. The van der Waals surface area contributed by atoms with Crippen LogP contribution in [0, 0.1) is 6.92 Å². The molecule has 5 nitrogen and oxygen atoms in total. The average molecular weight is 353 g/mol. The van der Waals surface area contributed by atoms with E-state index in [1.807, 2.05) is 6.92 Å². The van der Waals surface area contributed by atoms with Gasteiger partial charge < -0.3 is 10.5 Å². The van der Waals surface area contributed by atoms with Crippen molar-refractivity contribution < 1.29 is 22.7 Å². The molecule has 1 heterocycles. The van der Waals surface area contributed by atoms with Gasteiger partial charge in [0.25, 0.3) is 0 Å². The van der Waals surface area contributed by atoms with Crippen LogP contribution in [0.4, 0.5) is 13.2 Å². The fourth-order valence-corrected chi connectivity index (χ4v) is 3.02. The molecule has 1 aromatic heterocycles. The van der Waals surface area contributed by atoms with Crippen molar-refractivity contribution in [3.63, 3.8) is 0 Å². The van der Waals surface area contributed by atoms with Gasteiger partial charge in [-0.25, -0.2) is 9.97 Å². The highest BCUT2D eigenvalue weighted by atomic mass is 19.4. The van der Waals surface area contributed by atoms with E-state index in [4.69, 9.17) is 10.5 Å². The number of carbonyl (C=O) groups is 1. The second-order valence-corrected chi connectivity index (χ2v) is 5.50. The number of hydrogen-bond donors (Lipinski definition) is 1. The molecule has 134 valence electrons. The number of amides is 1. The Morgan fingerprint density at radius 3 is 2.32 bits per heavy atom. The number of alkyl halides is 3. The van der Waals surface area contributed by atoms with Crippen molar-refractivity contribution in [2.24, 2.45) is 5.73 Å². The van der Waals surface area contributed by atoms with E-state index in [-0.39, 0.29) is 22.4 Å². The summed E-state index contributed by atoms with van der Waals surface area (Å²) in [4.78, 5) is 19.5. The monoisotopic (exact) mass is 353 g/mol. The van der Waals surface area contributed by atoms with Gasteiger partial charge in [-0.15, -0.1) is 0 Å². The van der Waals surface area contributed by atoms with Gasteiger partial charge in [0.1, 0.15) is 12.1 Å². The Bertz CT molecular complexity index is 790. The number of rotatable bonds is 5. The zero-order chi connectivity index (χ0) is 18.8. The summed E-state index contributed by atoms with van der Waals surface area (Å²) in [5, 5.41) is 0. The topological polar surface area (TPSA) is 78.1 Å². The highest BCUT2D eigenvalue weighted by Crippen LogP contribution is 2.46. The standard InChI is InChI=1S/C17H18F3N3O2/c1-4-5-11-13(10-6-22-8-23-7-10)14(17(18,19)20)12(16(21)24)9(2)15(11)25-3/h6-8H,4-5H2,1-3H3,(H2,21,24). The molecular formula is C17H18F3N3O2. The third kappa shape index (κ3) is 3.42. The zero-order valence-corrected chi connectivity index (χ0v) is 14.1. The fourth-order valence-electron chi connectivity index (χ4n) is 3.02. The van der Waals surface area contributed by atoms with Crippen molar-refractivity contribution in [1.82, 2.24) is 9.97 Å². The number of benzene rings is 1. The van der Waals surface area contributed by atoms with Crippen molar-refractivity contribution >= 4 is 5.91 Å². The number of hydrogen-bond acceptors (Lipinski definition) is 4. The Labute approximate surface area is 143 Å². The van der Waals surface area contributed by atoms with Gasteiger partial charge >= 0.3 is 6.18 Å². The maximum atomic E-state index is 13.9. The van der Waals surface area contributed by atoms with Crippen LogP contribution in [0.2, 0.25) is 0 Å². The van der Waals surface area contributed by atoms with Crippen LogP contribution in [-0.2, 0) is 12.6 Å². The first kappa shape index (κ1) is 18.7. The molecule has 0 bridgehead atoms. The second kappa shape index (κ2) is 7.08. The summed E-state index contributed by atoms with van der Waals surface area (Å²) >= 11 is 0. The molecule has 0 radical (unpaired) electrons. The van der Waals surface area contributed by atoms with Crippen molar-refractivity contribution in [2.75, 3.05) is 7.11 Å². The van der Waals surface area contributed by atoms with Crippen LogP contribution in [-0.4, -0.2) is 23.0 Å². The molecule has 0 atom stereocenters. The SMILES string of the molecule is CCCc1c(OC)c(C)c(C(N)=O)c(C(F)(F)F)c1-c1cncnc1. The molecule has 0 aliphatic heterocycles. The van der Waals surface area contributed by atoms with Crippen molar-refractivity contribution in [1.29, 1.82) is 0 Å². The van der Waals surface area contributed by atoms with Gasteiger partial charge in [0.15, 0.2) is 0 Å². The number of primary amides is 1. The normalized spacial score (nSPS) is 11.4. The highest BCUT2D eigenvalue weighted by molar-refractivity contribution is 6.00. The fraction of sp³-hybridized carbons (Fsp3) is 0.353. The third-order valence-electron chi connectivity index (χ3n) is 3.87. The first-order valence-electron chi connectivity index (χ1n) is 7.59. The quantitative estimate of drug-likeness (QED) is 0.892. The molecule has 25 heavy (non-hydrogen) atoms. The van der Waals surface area contributed by atoms with E-state index in [0.717, 1.165) is 0 Å². The summed E-state index contributed by atoms with van der Waals surface area (Å²) in [5.74, 6) is -0.938. The number of ether oxygens (including phenoxy) is 1. The minimum Gasteiger partial charge on any atom is -0.496 e.